The molecule has 1 aliphatic rings. The summed E-state index contributed by atoms with van der Waals surface area (Å²) >= 11 is 6.15. The van der Waals surface area contributed by atoms with E-state index in [-0.39, 0.29) is 32.0 Å². The fourth-order valence-electron chi connectivity index (χ4n) is 3.09. The number of halogens is 2. The van der Waals surface area contributed by atoms with Crippen molar-refractivity contribution >= 4 is 39.3 Å². The highest BCUT2D eigenvalue weighted by molar-refractivity contribution is 7.89. The van der Waals surface area contributed by atoms with Crippen LogP contribution in [0.25, 0.3) is 6.08 Å². The van der Waals surface area contributed by atoms with Crippen LogP contribution in [0.3, 0.4) is 0 Å². The minimum atomic E-state index is -4.06. The van der Waals surface area contributed by atoms with E-state index in [0.717, 1.165) is 16.4 Å². The third-order valence-electron chi connectivity index (χ3n) is 4.67. The summed E-state index contributed by atoms with van der Waals surface area (Å²) in [5.74, 6) is -0.671. The second-order valence-corrected chi connectivity index (χ2v) is 9.04. The second-order valence-electron chi connectivity index (χ2n) is 6.72. The molecule has 1 N–H and O–H groups in total. The summed E-state index contributed by atoms with van der Waals surface area (Å²) < 4.78 is 56.5. The summed E-state index contributed by atoms with van der Waals surface area (Å²) in [7, 11) is -1.13. The highest BCUT2D eigenvalue weighted by Gasteiger charge is 2.29. The van der Waals surface area contributed by atoms with E-state index >= 15 is 0 Å². The van der Waals surface area contributed by atoms with Crippen molar-refractivity contribution < 1.29 is 31.8 Å². The first-order valence-electron chi connectivity index (χ1n) is 9.54. The van der Waals surface area contributed by atoms with Crippen LogP contribution in [-0.2, 0) is 19.6 Å². The highest BCUT2D eigenvalue weighted by atomic mass is 35.5. The predicted molar refractivity (Wildman–Crippen MR) is 118 cm³/mol. The van der Waals surface area contributed by atoms with Gasteiger partial charge in [-0.3, -0.25) is 4.79 Å². The lowest BCUT2D eigenvalue weighted by atomic mass is 10.2. The van der Waals surface area contributed by atoms with Crippen LogP contribution in [0.5, 0.6) is 11.5 Å². The lowest BCUT2D eigenvalue weighted by molar-refractivity contribution is -0.111. The number of nitrogens with one attached hydrogen (secondary N) is 1. The van der Waals surface area contributed by atoms with Crippen LogP contribution in [0, 0.1) is 5.82 Å². The van der Waals surface area contributed by atoms with Gasteiger partial charge in [-0.15, -0.1) is 0 Å². The molecule has 1 heterocycles. The molecule has 32 heavy (non-hydrogen) atoms. The number of carbonyl (C=O) groups excluding carboxylic acids is 1. The van der Waals surface area contributed by atoms with Gasteiger partial charge in [-0.2, -0.15) is 4.31 Å². The summed E-state index contributed by atoms with van der Waals surface area (Å²) in [6, 6.07) is 6.61. The fourth-order valence-corrected chi connectivity index (χ4v) is 4.89. The molecule has 1 aliphatic heterocycles. The molecule has 0 spiro atoms. The van der Waals surface area contributed by atoms with Crippen LogP contribution in [0.15, 0.2) is 41.3 Å². The number of hydrogen-bond acceptors (Lipinski definition) is 6. The Morgan fingerprint density at radius 1 is 1.19 bits per heavy atom. The number of carbonyl (C=O) groups is 1. The number of morpholine rings is 1. The van der Waals surface area contributed by atoms with Gasteiger partial charge in [0.15, 0.2) is 11.5 Å². The summed E-state index contributed by atoms with van der Waals surface area (Å²) in [4.78, 5) is 11.8. The van der Waals surface area contributed by atoms with E-state index in [1.54, 1.807) is 12.1 Å². The largest absolute Gasteiger partial charge is 0.493 e. The van der Waals surface area contributed by atoms with Crippen LogP contribution in [0.4, 0.5) is 10.1 Å². The molecule has 0 saturated carbocycles. The van der Waals surface area contributed by atoms with Crippen molar-refractivity contribution in [2.45, 2.75) is 4.90 Å². The van der Waals surface area contributed by atoms with Crippen LogP contribution in [-0.4, -0.2) is 59.2 Å². The average molecular weight is 485 g/mol. The molecule has 11 heteroatoms. The molecule has 0 atom stereocenters. The van der Waals surface area contributed by atoms with Gasteiger partial charge in [0.25, 0.3) is 0 Å². The zero-order chi connectivity index (χ0) is 23.3. The maximum absolute atomic E-state index is 14.3. The smallest absolute Gasteiger partial charge is 0.248 e. The molecule has 2 aromatic carbocycles. The molecule has 0 aromatic heterocycles. The van der Waals surface area contributed by atoms with E-state index in [0.29, 0.717) is 22.1 Å². The van der Waals surface area contributed by atoms with Gasteiger partial charge in [-0.1, -0.05) is 11.6 Å². The first-order valence-corrected chi connectivity index (χ1v) is 11.4. The van der Waals surface area contributed by atoms with Crippen LogP contribution < -0.4 is 14.8 Å². The lowest BCUT2D eigenvalue weighted by Gasteiger charge is -2.26. The molecular weight excluding hydrogens is 463 g/mol. The standard InChI is InChI=1S/C21H22ClFN2O6S/c1-29-18-12-14(11-16(22)21(18)30-2)3-6-20(26)24-15-4-5-17(23)19(13-15)32(27,28)25-7-9-31-10-8-25/h3-6,11-13H,7-10H2,1-2H3,(H,24,26)/b6-3+. The number of sulfonamides is 1. The number of hydrogen-bond donors (Lipinski definition) is 1. The topological polar surface area (TPSA) is 94.2 Å². The van der Waals surface area contributed by atoms with E-state index < -0.39 is 26.6 Å². The molecular formula is C21H22ClFN2O6S. The van der Waals surface area contributed by atoms with Crippen molar-refractivity contribution in [3.05, 3.63) is 52.8 Å². The number of anilines is 1. The molecule has 0 radical (unpaired) electrons. The number of rotatable bonds is 7. The third kappa shape index (κ3) is 5.39. The normalized spacial score (nSPS) is 15.0. The van der Waals surface area contributed by atoms with Crippen molar-refractivity contribution in [2.75, 3.05) is 45.8 Å². The molecule has 0 unspecified atom stereocenters. The van der Waals surface area contributed by atoms with Gasteiger partial charge in [0.2, 0.25) is 15.9 Å². The molecule has 1 fully saturated rings. The molecule has 1 saturated heterocycles. The Balaban J connectivity index is 1.77. The fraction of sp³-hybridized carbons (Fsp3) is 0.286. The van der Waals surface area contributed by atoms with E-state index in [2.05, 4.69) is 5.32 Å². The van der Waals surface area contributed by atoms with E-state index in [1.807, 2.05) is 0 Å². The summed E-state index contributed by atoms with van der Waals surface area (Å²) in [5.41, 5.74) is 0.718. The Bertz CT molecular complexity index is 1130. The summed E-state index contributed by atoms with van der Waals surface area (Å²) in [6.07, 6.45) is 2.73. The molecule has 0 bridgehead atoms. The quantitative estimate of drug-likeness (QED) is 0.607. The van der Waals surface area contributed by atoms with Crippen LogP contribution in [0.2, 0.25) is 5.02 Å². The lowest BCUT2D eigenvalue weighted by Crippen LogP contribution is -2.40. The number of methoxy groups -OCH3 is 2. The van der Waals surface area contributed by atoms with Gasteiger partial charge in [0.1, 0.15) is 10.7 Å². The Kier molecular flexibility index (Phi) is 7.73. The number of amides is 1. The molecule has 0 aliphatic carbocycles. The summed E-state index contributed by atoms with van der Waals surface area (Å²) in [6.45, 7) is 0.744. The van der Waals surface area contributed by atoms with Crippen LogP contribution in [0.1, 0.15) is 5.56 Å². The monoisotopic (exact) mass is 484 g/mol. The Morgan fingerprint density at radius 2 is 1.91 bits per heavy atom. The predicted octanol–water partition coefficient (Wildman–Crippen LogP) is 3.17. The van der Waals surface area contributed by atoms with Crippen molar-refractivity contribution in [1.29, 1.82) is 0 Å². The SMILES string of the molecule is COc1cc(/C=C/C(=O)Nc2ccc(F)c(S(=O)(=O)N3CCOCC3)c2)cc(Cl)c1OC. The zero-order valence-electron chi connectivity index (χ0n) is 17.4. The Hall–Kier alpha value is -2.66. The maximum Gasteiger partial charge on any atom is 0.248 e. The first-order chi connectivity index (χ1) is 15.3. The van der Waals surface area contributed by atoms with Gasteiger partial charge in [-0.25, -0.2) is 12.8 Å². The molecule has 2 aromatic rings. The number of nitrogens with zero attached hydrogens (tertiary/aromatic N) is 1. The molecule has 1 amide bonds. The van der Waals surface area contributed by atoms with Gasteiger partial charge in [-0.05, 0) is 42.0 Å². The second kappa shape index (κ2) is 10.3. The van der Waals surface area contributed by atoms with E-state index in [9.17, 15) is 17.6 Å². The van der Waals surface area contributed by atoms with Gasteiger partial charge >= 0.3 is 0 Å². The van der Waals surface area contributed by atoms with E-state index in [4.69, 9.17) is 25.8 Å². The molecule has 172 valence electrons. The van der Waals surface area contributed by atoms with Crippen molar-refractivity contribution in [3.8, 4) is 11.5 Å². The number of ether oxygens (including phenoxy) is 3. The third-order valence-corrected chi connectivity index (χ3v) is 6.86. The Morgan fingerprint density at radius 3 is 2.56 bits per heavy atom. The van der Waals surface area contributed by atoms with E-state index in [1.165, 1.54) is 32.4 Å². The minimum Gasteiger partial charge on any atom is -0.493 e. The van der Waals surface area contributed by atoms with Crippen molar-refractivity contribution in [2.24, 2.45) is 0 Å². The average Bonchev–Trinajstić information content (AvgIpc) is 2.79. The zero-order valence-corrected chi connectivity index (χ0v) is 19.0. The van der Waals surface area contributed by atoms with Gasteiger partial charge in [0, 0.05) is 24.9 Å². The highest BCUT2D eigenvalue weighted by Crippen LogP contribution is 2.36. The minimum absolute atomic E-state index is 0.134. The number of benzene rings is 2. The maximum atomic E-state index is 14.3. The van der Waals surface area contributed by atoms with Crippen LogP contribution >= 0.6 is 11.6 Å². The van der Waals surface area contributed by atoms with Crippen molar-refractivity contribution in [1.82, 2.24) is 4.31 Å². The van der Waals surface area contributed by atoms with Crippen molar-refractivity contribution in [3.63, 3.8) is 0 Å². The molecule has 8 nitrogen and oxygen atoms in total. The van der Waals surface area contributed by atoms with Gasteiger partial charge < -0.3 is 19.5 Å². The Labute approximate surface area is 190 Å². The van der Waals surface area contributed by atoms with Gasteiger partial charge in [0.05, 0.1) is 32.5 Å². The first kappa shape index (κ1) is 24.0. The molecule has 3 rings (SSSR count). The summed E-state index contributed by atoms with van der Waals surface area (Å²) in [5, 5.41) is 2.84.